The predicted molar refractivity (Wildman–Crippen MR) is 73.8 cm³/mol. The normalized spacial score (nSPS) is 10.7. The summed E-state index contributed by atoms with van der Waals surface area (Å²) in [6.07, 6.45) is 2.14. The van der Waals surface area contributed by atoms with Gasteiger partial charge in [-0.2, -0.15) is 5.10 Å². The van der Waals surface area contributed by atoms with Crippen molar-refractivity contribution in [3.63, 3.8) is 0 Å². The van der Waals surface area contributed by atoms with Gasteiger partial charge in [-0.1, -0.05) is 42.5 Å². The van der Waals surface area contributed by atoms with Crippen LogP contribution in [0.3, 0.4) is 0 Å². The van der Waals surface area contributed by atoms with E-state index in [0.717, 1.165) is 16.8 Å². The van der Waals surface area contributed by atoms with E-state index in [0.29, 0.717) is 6.42 Å². The van der Waals surface area contributed by atoms with E-state index in [2.05, 4.69) is 10.5 Å². The van der Waals surface area contributed by atoms with E-state index >= 15 is 0 Å². The second-order valence-corrected chi connectivity index (χ2v) is 3.87. The molecular weight excluding hydrogens is 227 g/mol. The van der Waals surface area contributed by atoms with Gasteiger partial charge in [-0.25, -0.2) is 0 Å². The fraction of sp³-hybridized carbons (Fsp3) is 0.133. The van der Waals surface area contributed by atoms with Crippen molar-refractivity contribution in [2.75, 3.05) is 12.1 Å². The fourth-order valence-corrected chi connectivity index (χ4v) is 1.68. The summed E-state index contributed by atoms with van der Waals surface area (Å²) in [5, 5.41) is 4.16. The van der Waals surface area contributed by atoms with Gasteiger partial charge >= 0.3 is 0 Å². The van der Waals surface area contributed by atoms with Crippen LogP contribution in [0.2, 0.25) is 0 Å². The van der Waals surface area contributed by atoms with E-state index in [1.54, 1.807) is 6.21 Å². The molecule has 2 aromatic rings. The third kappa shape index (κ3) is 3.42. The lowest BCUT2D eigenvalue weighted by molar-refractivity contribution is 0.495. The molecule has 0 bridgehead atoms. The lowest BCUT2D eigenvalue weighted by Crippen LogP contribution is -1.96. The molecular formula is C15H15FN2. The lowest BCUT2D eigenvalue weighted by atomic mass is 10.1. The summed E-state index contributed by atoms with van der Waals surface area (Å²) < 4.78 is 12.4. The number of nitrogens with zero attached hydrogens (tertiary/aromatic N) is 1. The van der Waals surface area contributed by atoms with Crippen LogP contribution in [0, 0.1) is 0 Å². The van der Waals surface area contributed by atoms with Crippen LogP contribution in [-0.2, 0) is 6.42 Å². The molecule has 0 heterocycles. The maximum Gasteiger partial charge on any atom is 0.0935 e. The molecule has 2 rings (SSSR count). The van der Waals surface area contributed by atoms with Crippen LogP contribution < -0.4 is 5.43 Å². The SMILES string of the molecule is FCCc1ccccc1C=NNc1ccccc1. The molecule has 0 atom stereocenters. The smallest absolute Gasteiger partial charge is 0.0935 e. The van der Waals surface area contributed by atoms with Crippen molar-refractivity contribution in [1.82, 2.24) is 0 Å². The average Bonchev–Trinajstić information content (AvgIpc) is 2.42. The summed E-state index contributed by atoms with van der Waals surface area (Å²) >= 11 is 0. The van der Waals surface area contributed by atoms with E-state index in [4.69, 9.17) is 0 Å². The van der Waals surface area contributed by atoms with E-state index in [1.807, 2.05) is 54.6 Å². The molecule has 18 heavy (non-hydrogen) atoms. The monoisotopic (exact) mass is 242 g/mol. The van der Waals surface area contributed by atoms with E-state index in [9.17, 15) is 4.39 Å². The Morgan fingerprint density at radius 3 is 2.50 bits per heavy atom. The number of alkyl halides is 1. The minimum atomic E-state index is -0.350. The third-order valence-electron chi connectivity index (χ3n) is 2.59. The zero-order valence-electron chi connectivity index (χ0n) is 10.0. The number of aryl methyl sites for hydroxylation is 1. The summed E-state index contributed by atoms with van der Waals surface area (Å²) in [6, 6.07) is 17.4. The number of hydrazone groups is 1. The zero-order valence-corrected chi connectivity index (χ0v) is 10.0. The third-order valence-corrected chi connectivity index (χ3v) is 2.59. The number of para-hydroxylation sites is 1. The molecule has 0 amide bonds. The Morgan fingerprint density at radius 1 is 1.00 bits per heavy atom. The zero-order chi connectivity index (χ0) is 12.6. The quantitative estimate of drug-likeness (QED) is 0.628. The number of rotatable bonds is 5. The summed E-state index contributed by atoms with van der Waals surface area (Å²) in [7, 11) is 0. The Labute approximate surface area is 106 Å². The van der Waals surface area contributed by atoms with Crippen molar-refractivity contribution >= 4 is 11.9 Å². The molecule has 0 saturated carbocycles. The van der Waals surface area contributed by atoms with Crippen LogP contribution in [0.25, 0.3) is 0 Å². The molecule has 0 aromatic heterocycles. The molecule has 0 aliphatic carbocycles. The Bertz CT molecular complexity index is 509. The molecule has 0 aliphatic rings. The number of hydrogen-bond acceptors (Lipinski definition) is 2. The molecule has 1 N–H and O–H groups in total. The van der Waals surface area contributed by atoms with Gasteiger partial charge in [0.2, 0.25) is 0 Å². The average molecular weight is 242 g/mol. The molecule has 2 aromatic carbocycles. The number of hydrogen-bond donors (Lipinski definition) is 1. The number of benzene rings is 2. The van der Waals surface area contributed by atoms with Gasteiger partial charge in [0, 0.05) is 6.42 Å². The highest BCUT2D eigenvalue weighted by Gasteiger charge is 1.98. The van der Waals surface area contributed by atoms with E-state index in [1.165, 1.54) is 0 Å². The van der Waals surface area contributed by atoms with Gasteiger partial charge < -0.3 is 0 Å². The first-order chi connectivity index (χ1) is 8.90. The maximum atomic E-state index is 12.4. The lowest BCUT2D eigenvalue weighted by Gasteiger charge is -2.03. The minimum Gasteiger partial charge on any atom is -0.279 e. The highest BCUT2D eigenvalue weighted by molar-refractivity contribution is 5.82. The van der Waals surface area contributed by atoms with Gasteiger partial charge in [0.05, 0.1) is 18.6 Å². The van der Waals surface area contributed by atoms with Crippen molar-refractivity contribution in [1.29, 1.82) is 0 Å². The van der Waals surface area contributed by atoms with Crippen LogP contribution in [0.1, 0.15) is 11.1 Å². The van der Waals surface area contributed by atoms with Crippen molar-refractivity contribution in [3.05, 3.63) is 65.7 Å². The number of anilines is 1. The molecule has 0 aliphatic heterocycles. The highest BCUT2D eigenvalue weighted by atomic mass is 19.1. The van der Waals surface area contributed by atoms with Crippen LogP contribution >= 0.6 is 0 Å². The summed E-state index contributed by atoms with van der Waals surface area (Å²) in [6.45, 7) is -0.350. The van der Waals surface area contributed by atoms with Gasteiger partial charge in [0.1, 0.15) is 0 Å². The topological polar surface area (TPSA) is 24.4 Å². The van der Waals surface area contributed by atoms with Gasteiger partial charge in [-0.15, -0.1) is 0 Å². The van der Waals surface area contributed by atoms with Gasteiger partial charge in [-0.05, 0) is 23.3 Å². The fourth-order valence-electron chi connectivity index (χ4n) is 1.68. The summed E-state index contributed by atoms with van der Waals surface area (Å²) in [5.41, 5.74) is 5.78. The van der Waals surface area contributed by atoms with E-state index < -0.39 is 0 Å². The second kappa shape index (κ2) is 6.55. The summed E-state index contributed by atoms with van der Waals surface area (Å²) in [5.74, 6) is 0. The molecule has 2 nitrogen and oxygen atoms in total. The number of nitrogens with one attached hydrogen (secondary N) is 1. The van der Waals surface area contributed by atoms with Crippen molar-refractivity contribution in [2.24, 2.45) is 5.10 Å². The van der Waals surface area contributed by atoms with E-state index in [-0.39, 0.29) is 6.67 Å². The Hall–Kier alpha value is -2.16. The summed E-state index contributed by atoms with van der Waals surface area (Å²) in [4.78, 5) is 0. The molecule has 0 unspecified atom stereocenters. The van der Waals surface area contributed by atoms with Crippen LogP contribution in [0.5, 0.6) is 0 Å². The molecule has 0 saturated heterocycles. The van der Waals surface area contributed by atoms with Crippen LogP contribution in [0.15, 0.2) is 59.7 Å². The van der Waals surface area contributed by atoms with Gasteiger partial charge in [0.15, 0.2) is 0 Å². The van der Waals surface area contributed by atoms with Gasteiger partial charge in [-0.3, -0.25) is 9.82 Å². The van der Waals surface area contributed by atoms with Crippen molar-refractivity contribution in [3.8, 4) is 0 Å². The predicted octanol–water partition coefficient (Wildman–Crippen LogP) is 3.64. The largest absolute Gasteiger partial charge is 0.279 e. The second-order valence-electron chi connectivity index (χ2n) is 3.87. The number of halogens is 1. The Balaban J connectivity index is 2.05. The molecule has 0 radical (unpaired) electrons. The first-order valence-electron chi connectivity index (χ1n) is 5.88. The first-order valence-corrected chi connectivity index (χ1v) is 5.88. The van der Waals surface area contributed by atoms with Crippen molar-refractivity contribution in [2.45, 2.75) is 6.42 Å². The van der Waals surface area contributed by atoms with Crippen molar-refractivity contribution < 1.29 is 4.39 Å². The Kier molecular flexibility index (Phi) is 4.47. The maximum absolute atomic E-state index is 12.4. The van der Waals surface area contributed by atoms with Gasteiger partial charge in [0.25, 0.3) is 0 Å². The van der Waals surface area contributed by atoms with Crippen LogP contribution in [0.4, 0.5) is 10.1 Å². The Morgan fingerprint density at radius 2 is 1.72 bits per heavy atom. The molecule has 92 valence electrons. The standard InChI is InChI=1S/C15H15FN2/c16-11-10-13-6-4-5-7-14(13)12-17-18-15-8-2-1-3-9-15/h1-9,12,18H,10-11H2. The minimum absolute atomic E-state index is 0.350. The first kappa shape index (κ1) is 12.3. The molecule has 0 fully saturated rings. The van der Waals surface area contributed by atoms with Crippen LogP contribution in [-0.4, -0.2) is 12.9 Å². The highest BCUT2D eigenvalue weighted by Crippen LogP contribution is 2.08. The molecule has 3 heteroatoms. The molecule has 0 spiro atoms.